The number of nitrogens with zero attached hydrogens (tertiary/aromatic N) is 3. The number of carbonyl (C=O) groups is 2. The molecule has 1 fully saturated rings. The smallest absolute Gasteiger partial charge is 0.227 e. The van der Waals surface area contributed by atoms with Gasteiger partial charge in [-0.3, -0.25) is 14.6 Å². The summed E-state index contributed by atoms with van der Waals surface area (Å²) in [6, 6.07) is 8.17. The van der Waals surface area contributed by atoms with Crippen molar-refractivity contribution >= 4 is 23.5 Å². The molecule has 3 rings (SSSR count). The third-order valence-corrected chi connectivity index (χ3v) is 6.00. The molecule has 1 aromatic carbocycles. The molecule has 2 aliphatic rings. The molecule has 2 heterocycles. The summed E-state index contributed by atoms with van der Waals surface area (Å²) in [4.78, 5) is 33.2. The summed E-state index contributed by atoms with van der Waals surface area (Å²) in [7, 11) is 1.70. The molecule has 1 saturated heterocycles. The van der Waals surface area contributed by atoms with Crippen LogP contribution in [0.1, 0.15) is 44.6 Å². The number of carbonyl (C=O) groups excluding carboxylic acids is 2. The summed E-state index contributed by atoms with van der Waals surface area (Å²) in [5.41, 5.74) is 2.33. The molecule has 0 radical (unpaired) electrons. The summed E-state index contributed by atoms with van der Waals surface area (Å²) < 4.78 is 0. The van der Waals surface area contributed by atoms with E-state index in [1.807, 2.05) is 23.1 Å². The zero-order valence-corrected chi connectivity index (χ0v) is 18.3. The van der Waals surface area contributed by atoms with E-state index in [1.54, 1.807) is 7.05 Å². The average Bonchev–Trinajstić information content (AvgIpc) is 3.20. The van der Waals surface area contributed by atoms with Crippen molar-refractivity contribution in [2.45, 2.75) is 45.4 Å². The molecule has 2 aliphatic heterocycles. The Hall–Kier alpha value is -2.57. The second-order valence-electron chi connectivity index (χ2n) is 8.07. The number of piperidine rings is 1. The average molecular weight is 414 g/mol. The maximum absolute atomic E-state index is 12.6. The lowest BCUT2D eigenvalue weighted by Crippen LogP contribution is -2.46. The fraction of sp³-hybridized carbons (Fsp3) is 0.609. The minimum absolute atomic E-state index is 0.124. The first-order chi connectivity index (χ1) is 14.6. The van der Waals surface area contributed by atoms with Crippen molar-refractivity contribution in [1.82, 2.24) is 15.5 Å². The lowest BCUT2D eigenvalue weighted by atomic mass is 9.93. The van der Waals surface area contributed by atoms with E-state index in [1.165, 1.54) is 5.56 Å². The Morgan fingerprint density at radius 3 is 2.67 bits per heavy atom. The van der Waals surface area contributed by atoms with Gasteiger partial charge in [0.25, 0.3) is 0 Å². The minimum atomic E-state index is 0.124. The molecule has 30 heavy (non-hydrogen) atoms. The van der Waals surface area contributed by atoms with Gasteiger partial charge >= 0.3 is 0 Å². The van der Waals surface area contributed by atoms with Crippen molar-refractivity contribution in [3.05, 3.63) is 29.8 Å². The SMILES string of the molecule is CCNC(=NCCCC(=O)N1CCc2ccccc21)N1CCC(CC(=O)NC)CC1. The van der Waals surface area contributed by atoms with Gasteiger partial charge in [-0.15, -0.1) is 0 Å². The third-order valence-electron chi connectivity index (χ3n) is 6.00. The molecule has 0 atom stereocenters. The van der Waals surface area contributed by atoms with Crippen LogP contribution in [0, 0.1) is 5.92 Å². The van der Waals surface area contributed by atoms with Crippen molar-refractivity contribution in [1.29, 1.82) is 0 Å². The third kappa shape index (κ3) is 5.74. The van der Waals surface area contributed by atoms with E-state index in [2.05, 4.69) is 28.5 Å². The molecule has 164 valence electrons. The Kier molecular flexibility index (Phi) is 8.11. The van der Waals surface area contributed by atoms with E-state index in [9.17, 15) is 9.59 Å². The van der Waals surface area contributed by atoms with Crippen LogP contribution in [0.3, 0.4) is 0 Å². The maximum Gasteiger partial charge on any atom is 0.227 e. The number of rotatable bonds is 7. The second-order valence-corrected chi connectivity index (χ2v) is 8.07. The van der Waals surface area contributed by atoms with Crippen LogP contribution in [0.25, 0.3) is 0 Å². The van der Waals surface area contributed by atoms with Crippen molar-refractivity contribution in [3.8, 4) is 0 Å². The van der Waals surface area contributed by atoms with Gasteiger partial charge < -0.3 is 20.4 Å². The van der Waals surface area contributed by atoms with E-state index >= 15 is 0 Å². The van der Waals surface area contributed by atoms with E-state index in [0.29, 0.717) is 25.3 Å². The van der Waals surface area contributed by atoms with Gasteiger partial charge in [0.2, 0.25) is 11.8 Å². The van der Waals surface area contributed by atoms with Gasteiger partial charge in [0, 0.05) is 58.3 Å². The Labute approximate surface area is 179 Å². The highest BCUT2D eigenvalue weighted by Crippen LogP contribution is 2.28. The summed E-state index contributed by atoms with van der Waals surface area (Å²) in [6.07, 6.45) is 4.83. The second kappa shape index (κ2) is 11.0. The summed E-state index contributed by atoms with van der Waals surface area (Å²) in [5, 5.41) is 6.09. The van der Waals surface area contributed by atoms with Crippen molar-refractivity contribution < 1.29 is 9.59 Å². The summed E-state index contributed by atoms with van der Waals surface area (Å²) in [6.45, 7) is 6.15. The maximum atomic E-state index is 12.6. The van der Waals surface area contributed by atoms with Crippen LogP contribution in [0.4, 0.5) is 5.69 Å². The summed E-state index contributed by atoms with van der Waals surface area (Å²) >= 11 is 0. The molecule has 2 N–H and O–H groups in total. The van der Waals surface area contributed by atoms with Gasteiger partial charge in [-0.05, 0) is 50.2 Å². The number of anilines is 1. The zero-order valence-electron chi connectivity index (χ0n) is 18.3. The van der Waals surface area contributed by atoms with Gasteiger partial charge in [0.1, 0.15) is 0 Å². The Bertz CT molecular complexity index is 756. The van der Waals surface area contributed by atoms with Crippen LogP contribution < -0.4 is 15.5 Å². The topological polar surface area (TPSA) is 77.0 Å². The van der Waals surface area contributed by atoms with Crippen LogP contribution in [-0.2, 0) is 16.0 Å². The van der Waals surface area contributed by atoms with E-state index < -0.39 is 0 Å². The number of fused-ring (bicyclic) bond motifs is 1. The molecule has 0 unspecified atom stereocenters. The van der Waals surface area contributed by atoms with Crippen LogP contribution in [0.2, 0.25) is 0 Å². The number of benzene rings is 1. The Morgan fingerprint density at radius 2 is 1.93 bits per heavy atom. The largest absolute Gasteiger partial charge is 0.359 e. The number of likely N-dealkylation sites (tertiary alicyclic amines) is 1. The molecule has 0 aliphatic carbocycles. The van der Waals surface area contributed by atoms with E-state index in [-0.39, 0.29) is 11.8 Å². The molecule has 7 heteroatoms. The normalized spacial score (nSPS) is 17.1. The number of amides is 2. The first-order valence-electron chi connectivity index (χ1n) is 11.2. The van der Waals surface area contributed by atoms with Crippen LogP contribution in [-0.4, -0.2) is 62.4 Å². The van der Waals surface area contributed by atoms with E-state index in [0.717, 1.165) is 63.5 Å². The van der Waals surface area contributed by atoms with Gasteiger partial charge in [-0.1, -0.05) is 18.2 Å². The highest BCUT2D eigenvalue weighted by molar-refractivity contribution is 5.95. The van der Waals surface area contributed by atoms with Gasteiger partial charge in [0.15, 0.2) is 5.96 Å². The van der Waals surface area contributed by atoms with Crippen molar-refractivity contribution in [2.75, 3.05) is 44.7 Å². The number of hydrogen-bond donors (Lipinski definition) is 2. The molecule has 0 bridgehead atoms. The van der Waals surface area contributed by atoms with Gasteiger partial charge in [-0.25, -0.2) is 0 Å². The van der Waals surface area contributed by atoms with Gasteiger partial charge in [0.05, 0.1) is 0 Å². The quantitative estimate of drug-likeness (QED) is 0.408. The lowest BCUT2D eigenvalue weighted by Gasteiger charge is -2.34. The number of nitrogens with one attached hydrogen (secondary N) is 2. The molecule has 1 aromatic rings. The highest BCUT2D eigenvalue weighted by atomic mass is 16.2. The monoisotopic (exact) mass is 413 g/mol. The first kappa shape index (κ1) is 22.1. The highest BCUT2D eigenvalue weighted by Gasteiger charge is 2.24. The zero-order chi connectivity index (χ0) is 21.3. The Balaban J connectivity index is 1.45. The van der Waals surface area contributed by atoms with Crippen molar-refractivity contribution in [3.63, 3.8) is 0 Å². The van der Waals surface area contributed by atoms with E-state index in [4.69, 9.17) is 4.99 Å². The van der Waals surface area contributed by atoms with Crippen LogP contribution >= 0.6 is 0 Å². The lowest BCUT2D eigenvalue weighted by molar-refractivity contribution is -0.122. The fourth-order valence-corrected chi connectivity index (χ4v) is 4.29. The molecular formula is C23H35N5O2. The molecule has 7 nitrogen and oxygen atoms in total. The van der Waals surface area contributed by atoms with Crippen molar-refractivity contribution in [2.24, 2.45) is 10.9 Å². The molecule has 0 aromatic heterocycles. The molecule has 2 amide bonds. The summed E-state index contributed by atoms with van der Waals surface area (Å²) in [5.74, 6) is 1.69. The molecule has 0 spiro atoms. The standard InChI is InChI=1S/C23H35N5O2/c1-3-25-23(27-14-10-18(11-15-27)17-21(29)24-2)26-13-6-9-22(30)28-16-12-19-7-4-5-8-20(19)28/h4-5,7-8,18H,3,6,9-17H2,1-2H3,(H,24,29)(H,25,26). The molecular weight excluding hydrogens is 378 g/mol. The minimum Gasteiger partial charge on any atom is -0.359 e. The van der Waals surface area contributed by atoms with Crippen LogP contribution in [0.15, 0.2) is 29.3 Å². The number of aliphatic imine (C=N–C) groups is 1. The number of para-hydroxylation sites is 1. The number of guanidine groups is 1. The van der Waals surface area contributed by atoms with Crippen LogP contribution in [0.5, 0.6) is 0 Å². The molecule has 0 saturated carbocycles. The Morgan fingerprint density at radius 1 is 1.17 bits per heavy atom. The number of hydrogen-bond acceptors (Lipinski definition) is 3. The predicted octanol–water partition coefficient (Wildman–Crippen LogP) is 2.17. The fourth-order valence-electron chi connectivity index (χ4n) is 4.29. The first-order valence-corrected chi connectivity index (χ1v) is 11.2. The predicted molar refractivity (Wildman–Crippen MR) is 121 cm³/mol. The van der Waals surface area contributed by atoms with Gasteiger partial charge in [-0.2, -0.15) is 0 Å².